The van der Waals surface area contributed by atoms with Gasteiger partial charge in [0.25, 0.3) is 0 Å². The fraction of sp³-hybridized carbons (Fsp3) is 0.111. The number of hydrogen-bond acceptors (Lipinski definition) is 8. The number of aliphatic imine (C=N–C) groups is 1. The third-order valence-corrected chi connectivity index (χ3v) is 3.91. The van der Waals surface area contributed by atoms with Gasteiger partial charge in [0.05, 0.1) is 24.0 Å². The number of aliphatic hydroxyl groups excluding tert-OH is 1. The first-order chi connectivity index (χ1) is 13.1. The van der Waals surface area contributed by atoms with Crippen molar-refractivity contribution in [3.63, 3.8) is 0 Å². The molecule has 0 saturated heterocycles. The Morgan fingerprint density at radius 1 is 1.33 bits per heavy atom. The van der Waals surface area contributed by atoms with E-state index in [1.165, 1.54) is 19.2 Å². The molecule has 0 radical (unpaired) electrons. The fourth-order valence-corrected chi connectivity index (χ4v) is 2.77. The molecule has 5 N–H and O–H groups in total. The van der Waals surface area contributed by atoms with Crippen LogP contribution in [0.1, 0.15) is 12.5 Å². The lowest BCUT2D eigenvalue weighted by Gasteiger charge is -2.17. The van der Waals surface area contributed by atoms with Crippen molar-refractivity contribution in [1.82, 2.24) is 20.5 Å². The van der Waals surface area contributed by atoms with Crippen LogP contribution in [0.2, 0.25) is 0 Å². The van der Waals surface area contributed by atoms with Crippen molar-refractivity contribution in [2.24, 2.45) is 10.7 Å². The van der Waals surface area contributed by atoms with Crippen LogP contribution in [0.4, 0.5) is 17.5 Å². The normalized spacial score (nSPS) is 14.3. The number of benzene rings is 1. The average molecular weight is 362 g/mol. The molecule has 2 aromatic heterocycles. The maximum absolute atomic E-state index is 9.27. The summed E-state index contributed by atoms with van der Waals surface area (Å²) in [5.41, 5.74) is 13.8. The molecule has 0 bridgehead atoms. The van der Waals surface area contributed by atoms with Gasteiger partial charge in [0.15, 0.2) is 17.5 Å². The first-order valence-corrected chi connectivity index (χ1v) is 8.30. The molecule has 27 heavy (non-hydrogen) atoms. The molecular weight excluding hydrogens is 344 g/mol. The zero-order valence-electron chi connectivity index (χ0n) is 14.6. The predicted molar refractivity (Wildman–Crippen MR) is 104 cm³/mol. The number of nitrogens with one attached hydrogen (secondary N) is 2. The maximum Gasteiger partial charge on any atom is 0.191 e. The van der Waals surface area contributed by atoms with E-state index in [2.05, 4.69) is 37.0 Å². The zero-order chi connectivity index (χ0) is 18.8. The minimum Gasteiger partial charge on any atom is -0.512 e. The number of aromatic nitrogens is 3. The first-order valence-electron chi connectivity index (χ1n) is 8.30. The van der Waals surface area contributed by atoms with E-state index in [4.69, 9.17) is 5.73 Å². The van der Waals surface area contributed by atoms with E-state index in [0.717, 1.165) is 16.5 Å². The lowest BCUT2D eigenvalue weighted by Crippen LogP contribution is -2.35. The summed E-state index contributed by atoms with van der Waals surface area (Å²) in [6.45, 7) is 2.09. The van der Waals surface area contributed by atoms with Gasteiger partial charge in [-0.15, -0.1) is 5.53 Å². The SMILES string of the molecule is C/C(O)=C/C(N)=Nc1cnc2c(n1)N(Cc1ccc3ncccc3c1)NN2. The highest BCUT2D eigenvalue weighted by Gasteiger charge is 2.22. The van der Waals surface area contributed by atoms with Crippen LogP contribution >= 0.6 is 0 Å². The molecular formula is C18H18N8O. The van der Waals surface area contributed by atoms with Crippen LogP contribution in [-0.2, 0) is 6.54 Å². The molecule has 0 unspecified atom stereocenters. The molecule has 0 saturated carbocycles. The van der Waals surface area contributed by atoms with Gasteiger partial charge in [-0.2, -0.15) is 0 Å². The van der Waals surface area contributed by atoms with Crippen molar-refractivity contribution in [3.05, 3.63) is 60.1 Å². The van der Waals surface area contributed by atoms with Crippen LogP contribution in [-0.4, -0.2) is 25.9 Å². The van der Waals surface area contributed by atoms with Crippen molar-refractivity contribution in [2.75, 3.05) is 10.4 Å². The monoisotopic (exact) mass is 362 g/mol. The molecule has 4 rings (SSSR count). The number of pyridine rings is 1. The summed E-state index contributed by atoms with van der Waals surface area (Å²) in [4.78, 5) is 17.3. The van der Waals surface area contributed by atoms with Gasteiger partial charge in [0.1, 0.15) is 5.84 Å². The zero-order valence-corrected chi connectivity index (χ0v) is 14.6. The Kier molecular flexibility index (Phi) is 4.27. The summed E-state index contributed by atoms with van der Waals surface area (Å²) in [6, 6.07) is 10.1. The molecule has 0 fully saturated rings. The predicted octanol–water partition coefficient (Wildman–Crippen LogP) is 2.33. The van der Waals surface area contributed by atoms with Crippen LogP contribution in [0, 0.1) is 0 Å². The number of allylic oxidation sites excluding steroid dienone is 1. The second-order valence-electron chi connectivity index (χ2n) is 6.08. The summed E-state index contributed by atoms with van der Waals surface area (Å²) in [5, 5.41) is 12.2. The first kappa shape index (κ1) is 16.7. The van der Waals surface area contributed by atoms with Gasteiger partial charge in [0.2, 0.25) is 0 Å². The maximum atomic E-state index is 9.27. The van der Waals surface area contributed by atoms with Crippen LogP contribution in [0.3, 0.4) is 0 Å². The average Bonchev–Trinajstić information content (AvgIpc) is 3.03. The number of anilines is 2. The second-order valence-corrected chi connectivity index (χ2v) is 6.08. The van der Waals surface area contributed by atoms with Crippen LogP contribution in [0.5, 0.6) is 0 Å². The van der Waals surface area contributed by atoms with Gasteiger partial charge >= 0.3 is 0 Å². The minimum atomic E-state index is 0.0705. The summed E-state index contributed by atoms with van der Waals surface area (Å²) in [6.07, 6.45) is 4.64. The Labute approximate surface area is 155 Å². The fourth-order valence-electron chi connectivity index (χ4n) is 2.77. The Balaban J connectivity index is 1.60. The highest BCUT2D eigenvalue weighted by atomic mass is 16.3. The molecule has 1 aliphatic rings. The highest BCUT2D eigenvalue weighted by molar-refractivity contribution is 5.93. The largest absolute Gasteiger partial charge is 0.512 e. The molecule has 1 aliphatic heterocycles. The molecule has 136 valence electrons. The Bertz CT molecular complexity index is 1060. The lowest BCUT2D eigenvalue weighted by molar-refractivity contribution is 0.415. The molecule has 0 atom stereocenters. The topological polar surface area (TPSA) is 125 Å². The van der Waals surface area contributed by atoms with Crippen molar-refractivity contribution in [2.45, 2.75) is 13.5 Å². The number of hydrogen-bond donors (Lipinski definition) is 4. The molecule has 9 heteroatoms. The van der Waals surface area contributed by atoms with E-state index in [1.807, 2.05) is 29.3 Å². The van der Waals surface area contributed by atoms with E-state index >= 15 is 0 Å². The minimum absolute atomic E-state index is 0.0705. The summed E-state index contributed by atoms with van der Waals surface area (Å²) in [7, 11) is 0. The van der Waals surface area contributed by atoms with E-state index in [0.29, 0.717) is 24.0 Å². The van der Waals surface area contributed by atoms with Gasteiger partial charge in [-0.3, -0.25) is 15.4 Å². The van der Waals surface area contributed by atoms with Gasteiger partial charge in [-0.1, -0.05) is 12.1 Å². The lowest BCUT2D eigenvalue weighted by atomic mass is 10.1. The van der Waals surface area contributed by atoms with E-state index in [9.17, 15) is 5.11 Å². The molecule has 0 aliphatic carbocycles. The number of nitrogens with zero attached hydrogens (tertiary/aromatic N) is 5. The van der Waals surface area contributed by atoms with Crippen LogP contribution < -0.4 is 21.7 Å². The molecule has 9 nitrogen and oxygen atoms in total. The number of nitrogens with two attached hydrogens (primary N) is 1. The molecule has 3 aromatic rings. The van der Waals surface area contributed by atoms with E-state index < -0.39 is 0 Å². The quantitative estimate of drug-likeness (QED) is 0.317. The van der Waals surface area contributed by atoms with Crippen molar-refractivity contribution < 1.29 is 5.11 Å². The Morgan fingerprint density at radius 2 is 2.22 bits per heavy atom. The van der Waals surface area contributed by atoms with Gasteiger partial charge < -0.3 is 10.8 Å². The number of hydrazine groups is 2. The second kappa shape index (κ2) is 6.89. The van der Waals surface area contributed by atoms with Gasteiger partial charge in [-0.25, -0.2) is 15.0 Å². The van der Waals surface area contributed by atoms with Crippen molar-refractivity contribution >= 4 is 34.2 Å². The molecule has 0 amide bonds. The highest BCUT2D eigenvalue weighted by Crippen LogP contribution is 2.28. The summed E-state index contributed by atoms with van der Waals surface area (Å²) < 4.78 is 0. The Hall–Kier alpha value is -3.72. The van der Waals surface area contributed by atoms with Gasteiger partial charge in [-0.05, 0) is 30.7 Å². The number of aliphatic hydroxyl groups is 1. The molecule has 3 heterocycles. The number of rotatable bonds is 4. The third kappa shape index (κ3) is 3.62. The smallest absolute Gasteiger partial charge is 0.191 e. The van der Waals surface area contributed by atoms with Crippen LogP contribution in [0.15, 0.2) is 59.6 Å². The molecule has 0 spiro atoms. The van der Waals surface area contributed by atoms with Crippen molar-refractivity contribution in [1.29, 1.82) is 0 Å². The third-order valence-electron chi connectivity index (χ3n) is 3.91. The molecule has 1 aromatic carbocycles. The van der Waals surface area contributed by atoms with Gasteiger partial charge in [0, 0.05) is 17.7 Å². The number of amidine groups is 1. The van der Waals surface area contributed by atoms with Crippen molar-refractivity contribution in [3.8, 4) is 0 Å². The Morgan fingerprint density at radius 3 is 3.07 bits per heavy atom. The van der Waals surface area contributed by atoms with E-state index in [1.54, 1.807) is 6.20 Å². The summed E-state index contributed by atoms with van der Waals surface area (Å²) >= 11 is 0. The number of fused-ring (bicyclic) bond motifs is 2. The summed E-state index contributed by atoms with van der Waals surface area (Å²) in [5.74, 6) is 1.78. The van der Waals surface area contributed by atoms with Crippen LogP contribution in [0.25, 0.3) is 10.9 Å². The van der Waals surface area contributed by atoms with E-state index in [-0.39, 0.29) is 11.6 Å². The standard InChI is InChI=1S/C18H18N8O/c1-11(27)7-15(19)22-16-9-21-17-18(23-16)26(25-24-17)10-12-4-5-14-13(8-12)3-2-6-20-14/h2-9,25,27H,10H2,1H3,(H,21,24)(H2,19,22,23)/b11-7-.